The van der Waals surface area contributed by atoms with Crippen molar-refractivity contribution in [1.82, 2.24) is 0 Å². The van der Waals surface area contributed by atoms with E-state index in [4.69, 9.17) is 14.2 Å². The Hall–Kier alpha value is -1.59. The molecule has 0 amide bonds. The summed E-state index contributed by atoms with van der Waals surface area (Å²) in [6, 6.07) is 0. The number of hydrogen-bond donors (Lipinski definition) is 0. The summed E-state index contributed by atoms with van der Waals surface area (Å²) in [6.45, 7) is 11.4. The van der Waals surface area contributed by atoms with E-state index in [2.05, 4.69) is 34.6 Å². The van der Waals surface area contributed by atoms with E-state index in [1.54, 1.807) is 0 Å². The van der Waals surface area contributed by atoms with Crippen LogP contribution in [0.4, 0.5) is 0 Å². The average Bonchev–Trinajstić information content (AvgIpc) is 3.24. The summed E-state index contributed by atoms with van der Waals surface area (Å²) in [7, 11) is 0. The molecule has 0 saturated heterocycles. The van der Waals surface area contributed by atoms with Crippen molar-refractivity contribution in [3.05, 3.63) is 0 Å². The van der Waals surface area contributed by atoms with Crippen LogP contribution < -0.4 is 0 Å². The highest BCUT2D eigenvalue weighted by Crippen LogP contribution is 2.18. The van der Waals surface area contributed by atoms with E-state index < -0.39 is 6.10 Å². The lowest BCUT2D eigenvalue weighted by atomic mass is 10.0. The van der Waals surface area contributed by atoms with E-state index in [1.165, 1.54) is 199 Å². The summed E-state index contributed by atoms with van der Waals surface area (Å²) in [5, 5.41) is 0. The van der Waals surface area contributed by atoms with Crippen LogP contribution in [-0.2, 0) is 28.6 Å². The van der Waals surface area contributed by atoms with E-state index in [0.29, 0.717) is 19.3 Å². The van der Waals surface area contributed by atoms with Crippen LogP contribution in [0.5, 0.6) is 0 Å². The normalized spacial score (nSPS) is 12.0. The fourth-order valence-corrected chi connectivity index (χ4v) is 8.52. The maximum atomic E-state index is 12.8. The van der Waals surface area contributed by atoms with Gasteiger partial charge in [-0.3, -0.25) is 14.4 Å². The molecule has 0 aromatic carbocycles. The minimum absolute atomic E-state index is 0.0630. The zero-order valence-electron chi connectivity index (χ0n) is 42.5. The first-order valence-corrected chi connectivity index (χ1v) is 27.7. The molecule has 62 heavy (non-hydrogen) atoms. The highest BCUT2D eigenvalue weighted by atomic mass is 16.6. The van der Waals surface area contributed by atoms with Gasteiger partial charge >= 0.3 is 17.9 Å². The average molecular weight is 877 g/mol. The van der Waals surface area contributed by atoms with Crippen molar-refractivity contribution in [1.29, 1.82) is 0 Å². The van der Waals surface area contributed by atoms with Gasteiger partial charge in [0, 0.05) is 19.3 Å². The number of carbonyl (C=O) groups is 3. The van der Waals surface area contributed by atoms with E-state index in [1.807, 2.05) is 0 Å². The molecule has 0 heterocycles. The van der Waals surface area contributed by atoms with Gasteiger partial charge in [0.2, 0.25) is 0 Å². The number of rotatable bonds is 50. The quantitative estimate of drug-likeness (QED) is 0.0344. The van der Waals surface area contributed by atoms with Crippen LogP contribution in [0, 0.1) is 11.8 Å². The van der Waals surface area contributed by atoms with Crippen molar-refractivity contribution in [2.45, 2.75) is 317 Å². The monoisotopic (exact) mass is 877 g/mol. The van der Waals surface area contributed by atoms with Crippen molar-refractivity contribution in [3.8, 4) is 0 Å². The summed E-state index contributed by atoms with van der Waals surface area (Å²) in [4.78, 5) is 38.0. The van der Waals surface area contributed by atoms with E-state index in [0.717, 1.165) is 69.6 Å². The van der Waals surface area contributed by atoms with Crippen LogP contribution in [0.15, 0.2) is 0 Å². The fourth-order valence-electron chi connectivity index (χ4n) is 8.52. The van der Waals surface area contributed by atoms with Crippen LogP contribution in [0.2, 0.25) is 0 Å². The molecule has 0 aliphatic carbocycles. The molecule has 0 bridgehead atoms. The molecule has 0 aromatic heterocycles. The second kappa shape index (κ2) is 48.9. The van der Waals surface area contributed by atoms with Gasteiger partial charge in [0.15, 0.2) is 6.10 Å². The molecular formula is C56H108O6. The van der Waals surface area contributed by atoms with E-state index >= 15 is 0 Å². The summed E-state index contributed by atoms with van der Waals surface area (Å²) in [5.74, 6) is 0.846. The predicted octanol–water partition coefficient (Wildman–Crippen LogP) is 18.1. The molecule has 0 N–H and O–H groups in total. The van der Waals surface area contributed by atoms with Gasteiger partial charge in [0.25, 0.3) is 0 Å². The minimum atomic E-state index is -0.761. The maximum absolute atomic E-state index is 12.8. The van der Waals surface area contributed by atoms with Gasteiger partial charge in [0.05, 0.1) is 0 Å². The molecular weight excluding hydrogens is 769 g/mol. The van der Waals surface area contributed by atoms with Crippen LogP contribution in [0.3, 0.4) is 0 Å². The topological polar surface area (TPSA) is 78.9 Å². The molecule has 0 aliphatic rings. The number of ether oxygens (including phenoxy) is 3. The molecule has 0 unspecified atom stereocenters. The molecule has 6 nitrogen and oxygen atoms in total. The van der Waals surface area contributed by atoms with Gasteiger partial charge in [-0.1, -0.05) is 272 Å². The first kappa shape index (κ1) is 60.4. The van der Waals surface area contributed by atoms with Crippen molar-refractivity contribution in [2.24, 2.45) is 11.8 Å². The zero-order chi connectivity index (χ0) is 45.4. The second-order valence-electron chi connectivity index (χ2n) is 20.2. The lowest BCUT2D eigenvalue weighted by molar-refractivity contribution is -0.167. The van der Waals surface area contributed by atoms with Gasteiger partial charge < -0.3 is 14.2 Å². The van der Waals surface area contributed by atoms with Crippen molar-refractivity contribution in [2.75, 3.05) is 13.2 Å². The molecule has 1 atom stereocenters. The summed E-state index contributed by atoms with van der Waals surface area (Å²) >= 11 is 0. The molecule has 0 aliphatic heterocycles. The first-order chi connectivity index (χ1) is 30.2. The standard InChI is InChI=1S/C56H108O6/c1-6-7-8-9-10-24-31-36-41-46-54(57)60-49-53(62-56(59)48-43-38-33-28-23-19-15-17-21-26-30-35-40-45-52(4)5)50-61-55(58)47-42-37-32-27-22-18-14-12-11-13-16-20-25-29-34-39-44-51(2)3/h51-53H,6-50H2,1-5H3/t53-/m0/s1. The Morgan fingerprint density at radius 1 is 0.306 bits per heavy atom. The molecule has 6 heteroatoms. The van der Waals surface area contributed by atoms with Gasteiger partial charge in [-0.2, -0.15) is 0 Å². The third-order valence-corrected chi connectivity index (χ3v) is 12.7. The van der Waals surface area contributed by atoms with Gasteiger partial charge in [-0.05, 0) is 31.1 Å². The molecule has 0 saturated carbocycles. The SMILES string of the molecule is CCCCCCCCCCCC(=O)OC[C@@H](COC(=O)CCCCCCCCCCCCCCCCCCC(C)C)OC(=O)CCCCCCCCCCCCCCCC(C)C. The van der Waals surface area contributed by atoms with Crippen molar-refractivity contribution < 1.29 is 28.6 Å². The number of hydrogen-bond acceptors (Lipinski definition) is 6. The molecule has 0 aromatic rings. The third-order valence-electron chi connectivity index (χ3n) is 12.7. The van der Waals surface area contributed by atoms with E-state index in [-0.39, 0.29) is 31.1 Å². The third kappa shape index (κ3) is 49.4. The molecule has 368 valence electrons. The van der Waals surface area contributed by atoms with Crippen molar-refractivity contribution >= 4 is 17.9 Å². The Kier molecular flexibility index (Phi) is 47.6. The Morgan fingerprint density at radius 2 is 0.532 bits per heavy atom. The van der Waals surface area contributed by atoms with Crippen LogP contribution in [0.1, 0.15) is 311 Å². The summed E-state index contributed by atoms with van der Waals surface area (Å²) in [6.07, 6.45) is 51.0. The smallest absolute Gasteiger partial charge is 0.306 e. The number of unbranched alkanes of at least 4 members (excludes halogenated alkanes) is 35. The van der Waals surface area contributed by atoms with Crippen LogP contribution >= 0.6 is 0 Å². The molecule has 0 fully saturated rings. The Labute approximate surface area is 387 Å². The Bertz CT molecular complexity index is 947. The maximum Gasteiger partial charge on any atom is 0.306 e. The minimum Gasteiger partial charge on any atom is -0.462 e. The Balaban J connectivity index is 4.22. The van der Waals surface area contributed by atoms with Gasteiger partial charge in [-0.25, -0.2) is 0 Å². The largest absolute Gasteiger partial charge is 0.462 e. The second-order valence-corrected chi connectivity index (χ2v) is 20.2. The van der Waals surface area contributed by atoms with Crippen LogP contribution in [0.25, 0.3) is 0 Å². The number of esters is 3. The predicted molar refractivity (Wildman–Crippen MR) is 266 cm³/mol. The van der Waals surface area contributed by atoms with E-state index in [9.17, 15) is 14.4 Å². The molecule has 0 radical (unpaired) electrons. The Morgan fingerprint density at radius 3 is 0.790 bits per heavy atom. The molecule has 0 rings (SSSR count). The highest BCUT2D eigenvalue weighted by Gasteiger charge is 2.19. The number of carbonyl (C=O) groups excluding carboxylic acids is 3. The van der Waals surface area contributed by atoms with Gasteiger partial charge in [-0.15, -0.1) is 0 Å². The summed E-state index contributed by atoms with van der Waals surface area (Å²) in [5.41, 5.74) is 0. The lowest BCUT2D eigenvalue weighted by Gasteiger charge is -2.18. The fraction of sp³-hybridized carbons (Fsp3) is 0.946. The molecule has 0 spiro atoms. The first-order valence-electron chi connectivity index (χ1n) is 27.7. The highest BCUT2D eigenvalue weighted by molar-refractivity contribution is 5.71. The van der Waals surface area contributed by atoms with Gasteiger partial charge in [0.1, 0.15) is 13.2 Å². The lowest BCUT2D eigenvalue weighted by Crippen LogP contribution is -2.30. The summed E-state index contributed by atoms with van der Waals surface area (Å²) < 4.78 is 16.8. The van der Waals surface area contributed by atoms with Crippen molar-refractivity contribution in [3.63, 3.8) is 0 Å². The van der Waals surface area contributed by atoms with Crippen LogP contribution in [-0.4, -0.2) is 37.2 Å². The zero-order valence-corrected chi connectivity index (χ0v) is 42.5.